The van der Waals surface area contributed by atoms with E-state index in [1.54, 1.807) is 48.5 Å². The van der Waals surface area contributed by atoms with Crippen LogP contribution in [0.4, 0.5) is 0 Å². The number of hydrogen-bond acceptors (Lipinski definition) is 6. The van der Waals surface area contributed by atoms with Crippen LogP contribution in [0.1, 0.15) is 36.8 Å². The summed E-state index contributed by atoms with van der Waals surface area (Å²) in [6.45, 7) is 11.5. The molecule has 2 heterocycles. The second kappa shape index (κ2) is 9.41. The molecule has 0 radical (unpaired) electrons. The molecule has 0 amide bonds. The first-order valence-electron chi connectivity index (χ1n) is 11.3. The van der Waals surface area contributed by atoms with Crippen molar-refractivity contribution >= 4 is 19.7 Å². The fourth-order valence-corrected chi connectivity index (χ4v) is 7.06. The number of ether oxygens (including phenoxy) is 2. The highest BCUT2D eigenvalue weighted by molar-refractivity contribution is 7.95. The van der Waals surface area contributed by atoms with Crippen LogP contribution >= 0.6 is 0 Å². The van der Waals surface area contributed by atoms with Gasteiger partial charge in [0.25, 0.3) is 0 Å². The van der Waals surface area contributed by atoms with Crippen molar-refractivity contribution in [1.82, 2.24) is 0 Å². The molecule has 2 aromatic carbocycles. The minimum Gasteiger partial charge on any atom is -0.367 e. The van der Waals surface area contributed by atoms with Gasteiger partial charge in [-0.25, -0.2) is 16.8 Å². The molecule has 0 saturated carbocycles. The summed E-state index contributed by atoms with van der Waals surface area (Å²) in [5.74, 6) is 0. The summed E-state index contributed by atoms with van der Waals surface area (Å²) < 4.78 is 64.0. The van der Waals surface area contributed by atoms with Gasteiger partial charge in [-0.05, 0) is 63.8 Å². The van der Waals surface area contributed by atoms with Crippen molar-refractivity contribution in [3.63, 3.8) is 0 Å². The Labute approximate surface area is 202 Å². The van der Waals surface area contributed by atoms with Crippen molar-refractivity contribution in [3.8, 4) is 0 Å². The minimum atomic E-state index is -3.72. The lowest BCUT2D eigenvalue weighted by atomic mass is 10.1. The fraction of sp³-hybridized carbons (Fsp3) is 0.385. The van der Waals surface area contributed by atoms with Gasteiger partial charge in [0, 0.05) is 0 Å². The summed E-state index contributed by atoms with van der Waals surface area (Å²) in [4.78, 5) is 0.481. The standard InChI is InChI=1S/C26H30O6S2/c1-17-5-9-21(10-6-17)33(27,28)19(3)23-13-15-25(31-23)26-16-14-24(32-26)20(4)34(29,30)22-11-7-18(2)8-12-22/h5-12,23-26H,3-4,13-16H2,1-2H3/t23-,24-,25-,26-/m1/s1. The van der Waals surface area contributed by atoms with E-state index in [1.807, 2.05) is 13.8 Å². The molecule has 8 heteroatoms. The van der Waals surface area contributed by atoms with E-state index in [1.165, 1.54) is 0 Å². The Morgan fingerprint density at radius 3 is 1.29 bits per heavy atom. The van der Waals surface area contributed by atoms with Crippen LogP contribution < -0.4 is 0 Å². The van der Waals surface area contributed by atoms with Crippen LogP contribution in [0.25, 0.3) is 0 Å². The molecule has 4 rings (SSSR count). The largest absolute Gasteiger partial charge is 0.367 e. The molecule has 2 fully saturated rings. The summed E-state index contributed by atoms with van der Waals surface area (Å²) in [6, 6.07) is 13.3. The van der Waals surface area contributed by atoms with Gasteiger partial charge in [0.05, 0.1) is 44.0 Å². The Hall–Kier alpha value is -2.26. The van der Waals surface area contributed by atoms with Gasteiger partial charge >= 0.3 is 0 Å². The zero-order valence-electron chi connectivity index (χ0n) is 19.4. The van der Waals surface area contributed by atoms with E-state index in [9.17, 15) is 16.8 Å². The van der Waals surface area contributed by atoms with Crippen LogP contribution in [-0.2, 0) is 29.1 Å². The molecule has 2 aliphatic rings. The first-order valence-corrected chi connectivity index (χ1v) is 14.3. The lowest BCUT2D eigenvalue weighted by Crippen LogP contribution is -2.29. The van der Waals surface area contributed by atoms with Crippen molar-refractivity contribution in [3.05, 3.63) is 82.6 Å². The summed E-state index contributed by atoms with van der Waals surface area (Å²) in [5.41, 5.74) is 1.95. The molecule has 0 bridgehead atoms. The van der Waals surface area contributed by atoms with Gasteiger partial charge < -0.3 is 9.47 Å². The second-order valence-corrected chi connectivity index (χ2v) is 13.1. The molecule has 6 nitrogen and oxygen atoms in total. The molecule has 0 N–H and O–H groups in total. The number of benzene rings is 2. The van der Waals surface area contributed by atoms with Gasteiger partial charge in [0.15, 0.2) is 0 Å². The van der Waals surface area contributed by atoms with Gasteiger partial charge in [-0.2, -0.15) is 0 Å². The summed E-state index contributed by atoms with van der Waals surface area (Å²) >= 11 is 0. The van der Waals surface area contributed by atoms with Gasteiger partial charge in [-0.1, -0.05) is 48.6 Å². The van der Waals surface area contributed by atoms with Crippen LogP contribution in [0, 0.1) is 13.8 Å². The Morgan fingerprint density at radius 2 is 0.971 bits per heavy atom. The molecule has 0 aliphatic carbocycles. The molecule has 182 valence electrons. The normalized spacial score (nSPS) is 25.4. The van der Waals surface area contributed by atoms with Gasteiger partial charge in [0.1, 0.15) is 0 Å². The fourth-order valence-electron chi connectivity index (χ4n) is 4.43. The molecule has 4 atom stereocenters. The monoisotopic (exact) mass is 502 g/mol. The average Bonchev–Trinajstić information content (AvgIpc) is 3.48. The first kappa shape index (κ1) is 24.9. The predicted molar refractivity (Wildman–Crippen MR) is 131 cm³/mol. The van der Waals surface area contributed by atoms with E-state index in [-0.39, 0.29) is 31.8 Å². The van der Waals surface area contributed by atoms with E-state index in [2.05, 4.69) is 13.2 Å². The van der Waals surface area contributed by atoms with Crippen LogP contribution in [0.3, 0.4) is 0 Å². The molecular weight excluding hydrogens is 472 g/mol. The number of hydrogen-bond donors (Lipinski definition) is 0. The highest BCUT2D eigenvalue weighted by Crippen LogP contribution is 2.38. The van der Waals surface area contributed by atoms with E-state index >= 15 is 0 Å². The third kappa shape index (κ3) is 4.77. The van der Waals surface area contributed by atoms with Gasteiger partial charge in [0.2, 0.25) is 19.7 Å². The zero-order valence-corrected chi connectivity index (χ0v) is 21.1. The Kier molecular flexibility index (Phi) is 6.88. The Morgan fingerprint density at radius 1 is 0.647 bits per heavy atom. The summed E-state index contributed by atoms with van der Waals surface area (Å²) in [5, 5.41) is 0. The van der Waals surface area contributed by atoms with Gasteiger partial charge in [-0.3, -0.25) is 0 Å². The molecule has 2 aromatic rings. The van der Waals surface area contributed by atoms with Gasteiger partial charge in [-0.15, -0.1) is 0 Å². The quantitative estimate of drug-likeness (QED) is 0.547. The highest BCUT2D eigenvalue weighted by atomic mass is 32.2. The predicted octanol–water partition coefficient (Wildman–Crippen LogP) is 4.67. The molecule has 0 aromatic heterocycles. The average molecular weight is 503 g/mol. The first-order chi connectivity index (χ1) is 16.0. The lowest BCUT2D eigenvalue weighted by Gasteiger charge is -2.22. The maximum absolute atomic E-state index is 13.0. The SMILES string of the molecule is C=C([C@H]1CC[C@H]([C@H]2CC[C@H](C(=C)S(=O)(=O)c3ccc(C)cc3)O2)O1)S(=O)(=O)c1ccc(C)cc1. The van der Waals surface area contributed by atoms with E-state index in [0.29, 0.717) is 25.7 Å². The topological polar surface area (TPSA) is 86.7 Å². The zero-order chi connectivity index (χ0) is 24.7. The Balaban J connectivity index is 1.39. The lowest BCUT2D eigenvalue weighted by molar-refractivity contribution is -0.0481. The van der Waals surface area contributed by atoms with Crippen LogP contribution in [0.5, 0.6) is 0 Å². The Bertz CT molecular complexity index is 1190. The van der Waals surface area contributed by atoms with E-state index < -0.39 is 31.9 Å². The van der Waals surface area contributed by atoms with Crippen LogP contribution in [-0.4, -0.2) is 41.3 Å². The second-order valence-electron chi connectivity index (χ2n) is 9.05. The van der Waals surface area contributed by atoms with E-state index in [0.717, 1.165) is 11.1 Å². The van der Waals surface area contributed by atoms with E-state index in [4.69, 9.17) is 9.47 Å². The molecular formula is C26H30O6S2. The van der Waals surface area contributed by atoms with Crippen molar-refractivity contribution in [2.24, 2.45) is 0 Å². The third-order valence-corrected chi connectivity index (χ3v) is 10.3. The maximum Gasteiger partial charge on any atom is 0.204 e. The summed E-state index contributed by atoms with van der Waals surface area (Å²) in [6.07, 6.45) is 0.355. The molecule has 2 saturated heterocycles. The molecule has 2 aliphatic heterocycles. The third-order valence-electron chi connectivity index (χ3n) is 6.59. The van der Waals surface area contributed by atoms with Crippen LogP contribution in [0.15, 0.2) is 81.3 Å². The minimum absolute atomic E-state index is 0.0414. The van der Waals surface area contributed by atoms with Crippen molar-refractivity contribution < 1.29 is 26.3 Å². The van der Waals surface area contributed by atoms with Crippen molar-refractivity contribution in [1.29, 1.82) is 0 Å². The smallest absolute Gasteiger partial charge is 0.204 e. The number of rotatable bonds is 7. The molecule has 0 spiro atoms. The van der Waals surface area contributed by atoms with Crippen LogP contribution in [0.2, 0.25) is 0 Å². The number of sulfone groups is 2. The summed E-state index contributed by atoms with van der Waals surface area (Å²) in [7, 11) is -7.43. The number of aryl methyl sites for hydroxylation is 2. The molecule has 34 heavy (non-hydrogen) atoms. The maximum atomic E-state index is 13.0. The molecule has 0 unspecified atom stereocenters. The van der Waals surface area contributed by atoms with Crippen molar-refractivity contribution in [2.45, 2.75) is 73.7 Å². The highest BCUT2D eigenvalue weighted by Gasteiger charge is 2.42. The van der Waals surface area contributed by atoms with Crippen molar-refractivity contribution in [2.75, 3.05) is 0 Å².